The molecule has 1 heterocycles. The Labute approximate surface area is 147 Å². The van der Waals surface area contributed by atoms with Crippen molar-refractivity contribution >= 4 is 24.2 Å². The molecule has 4 rings (SSSR count). The average Bonchev–Trinajstić information content (AvgIpc) is 2.62. The van der Waals surface area contributed by atoms with Crippen LogP contribution in [-0.2, 0) is 0 Å². The van der Waals surface area contributed by atoms with E-state index >= 15 is 0 Å². The topological polar surface area (TPSA) is 32.6 Å². The molecule has 3 aromatic rings. The zero-order valence-electron chi connectivity index (χ0n) is 14.3. The molecule has 0 unspecified atom stereocenters. The van der Waals surface area contributed by atoms with Gasteiger partial charge in [-0.1, -0.05) is 42.5 Å². The number of aliphatic imine (C=N–C) groups is 1. The highest BCUT2D eigenvalue weighted by atomic mass is 16.2. The lowest BCUT2D eigenvalue weighted by atomic mass is 9.89. The Morgan fingerprint density at radius 3 is 2.32 bits per heavy atom. The first-order chi connectivity index (χ1) is 12.2. The fraction of sp³-hybridized carbons (Fsp3) is 0.0870. The standard InChI is InChI=1S/C23H19NO/c1-15-7-3-4-8-17(15)23-16(2)13-20-18-9-5-6-10-22(18)24-12-11-19(23)21(20)14-25/h3-14,25H,1-2H3/b12-11?,19-11?,20-18?,21-14-,24-12?,24-22?. The van der Waals surface area contributed by atoms with Crippen LogP contribution in [0.5, 0.6) is 0 Å². The molecule has 1 N–H and O–H groups in total. The minimum Gasteiger partial charge on any atom is -0.515 e. The molecule has 0 radical (unpaired) electrons. The lowest BCUT2D eigenvalue weighted by Crippen LogP contribution is -2.31. The van der Waals surface area contributed by atoms with E-state index in [-0.39, 0.29) is 0 Å². The molecule has 0 aliphatic carbocycles. The van der Waals surface area contributed by atoms with E-state index in [4.69, 9.17) is 0 Å². The maximum Gasteiger partial charge on any atom is 0.0876 e. The Bertz CT molecular complexity index is 1120. The molecular formula is C23H19NO. The van der Waals surface area contributed by atoms with Crippen LogP contribution in [0.1, 0.15) is 11.1 Å². The zero-order valence-corrected chi connectivity index (χ0v) is 14.3. The number of hydrogen-bond acceptors (Lipinski definition) is 2. The van der Waals surface area contributed by atoms with Gasteiger partial charge in [-0.2, -0.15) is 0 Å². The van der Waals surface area contributed by atoms with Crippen molar-refractivity contribution < 1.29 is 5.11 Å². The van der Waals surface area contributed by atoms with Crippen LogP contribution in [0.4, 0.5) is 5.69 Å². The number of para-hydroxylation sites is 1. The lowest BCUT2D eigenvalue weighted by Gasteiger charge is -2.16. The molecule has 0 atom stereocenters. The fourth-order valence-corrected chi connectivity index (χ4v) is 3.61. The molecule has 0 fully saturated rings. The van der Waals surface area contributed by atoms with Crippen LogP contribution < -0.4 is 10.4 Å². The summed E-state index contributed by atoms with van der Waals surface area (Å²) in [7, 11) is 0. The largest absolute Gasteiger partial charge is 0.515 e. The van der Waals surface area contributed by atoms with Gasteiger partial charge in [-0.3, -0.25) is 4.99 Å². The maximum atomic E-state index is 10.0. The van der Waals surface area contributed by atoms with E-state index in [1.165, 1.54) is 23.0 Å². The summed E-state index contributed by atoms with van der Waals surface area (Å²) in [4.78, 5) is 4.60. The zero-order chi connectivity index (χ0) is 17.4. The monoisotopic (exact) mass is 325 g/mol. The van der Waals surface area contributed by atoms with Crippen molar-refractivity contribution in [3.8, 4) is 22.3 Å². The predicted octanol–water partition coefficient (Wildman–Crippen LogP) is 4.43. The molecule has 0 spiro atoms. The molecule has 2 bridgehead atoms. The van der Waals surface area contributed by atoms with Gasteiger partial charge in [-0.25, -0.2) is 0 Å². The number of aliphatic hydroxyl groups is 1. The van der Waals surface area contributed by atoms with Gasteiger partial charge in [0.15, 0.2) is 0 Å². The molecule has 1 aliphatic rings. The molecule has 0 aromatic heterocycles. The molecule has 0 saturated heterocycles. The average molecular weight is 325 g/mol. The molecule has 2 nitrogen and oxygen atoms in total. The van der Waals surface area contributed by atoms with Crippen LogP contribution in [0, 0.1) is 13.8 Å². The van der Waals surface area contributed by atoms with Crippen LogP contribution in [0.25, 0.3) is 34.6 Å². The Hall–Kier alpha value is -3.13. The van der Waals surface area contributed by atoms with Crippen molar-refractivity contribution in [1.82, 2.24) is 0 Å². The van der Waals surface area contributed by atoms with Gasteiger partial charge in [0, 0.05) is 17.0 Å². The van der Waals surface area contributed by atoms with Gasteiger partial charge in [-0.15, -0.1) is 0 Å². The third-order valence-electron chi connectivity index (χ3n) is 4.80. The second-order valence-electron chi connectivity index (χ2n) is 6.35. The molecule has 0 saturated carbocycles. The van der Waals surface area contributed by atoms with Gasteiger partial charge >= 0.3 is 0 Å². The molecule has 122 valence electrons. The van der Waals surface area contributed by atoms with Crippen molar-refractivity contribution in [2.24, 2.45) is 4.99 Å². The van der Waals surface area contributed by atoms with E-state index in [2.05, 4.69) is 49.2 Å². The molecular weight excluding hydrogens is 306 g/mol. The van der Waals surface area contributed by atoms with E-state index < -0.39 is 0 Å². The number of hydrogen-bond donors (Lipinski definition) is 1. The SMILES string of the molecule is Cc1ccccc1-c1c(C)cc2/c(=C\O)c1=CC=Nc1ccccc1-2. The van der Waals surface area contributed by atoms with E-state index in [0.29, 0.717) is 0 Å². The first-order valence-electron chi connectivity index (χ1n) is 8.38. The predicted molar refractivity (Wildman–Crippen MR) is 106 cm³/mol. The summed E-state index contributed by atoms with van der Waals surface area (Å²) in [6.45, 7) is 4.25. The highest BCUT2D eigenvalue weighted by Crippen LogP contribution is 2.31. The fourth-order valence-electron chi connectivity index (χ4n) is 3.61. The molecule has 0 amide bonds. The van der Waals surface area contributed by atoms with Crippen LogP contribution in [0.15, 0.2) is 59.6 Å². The summed E-state index contributed by atoms with van der Waals surface area (Å²) in [6, 6.07) is 18.5. The van der Waals surface area contributed by atoms with E-state index in [0.717, 1.165) is 32.8 Å². The van der Waals surface area contributed by atoms with E-state index in [1.54, 1.807) is 0 Å². The number of rotatable bonds is 1. The summed E-state index contributed by atoms with van der Waals surface area (Å²) in [6.07, 6.45) is 5.04. The smallest absolute Gasteiger partial charge is 0.0876 e. The number of nitrogens with zero attached hydrogens (tertiary/aromatic N) is 1. The number of aryl methyl sites for hydroxylation is 2. The van der Waals surface area contributed by atoms with Gasteiger partial charge in [0.05, 0.1) is 11.9 Å². The van der Waals surface area contributed by atoms with Crippen LogP contribution >= 0.6 is 0 Å². The summed E-state index contributed by atoms with van der Waals surface area (Å²) in [5, 5.41) is 11.9. The minimum absolute atomic E-state index is 0.836. The second-order valence-corrected chi connectivity index (χ2v) is 6.35. The van der Waals surface area contributed by atoms with Crippen LogP contribution in [-0.4, -0.2) is 11.3 Å². The number of benzene rings is 3. The number of aliphatic hydroxyl groups excluding tert-OH is 1. The van der Waals surface area contributed by atoms with Crippen LogP contribution in [0.2, 0.25) is 0 Å². The van der Waals surface area contributed by atoms with Crippen molar-refractivity contribution in [2.45, 2.75) is 13.8 Å². The molecule has 3 aromatic carbocycles. The van der Waals surface area contributed by atoms with Gasteiger partial charge in [0.1, 0.15) is 0 Å². The van der Waals surface area contributed by atoms with E-state index in [9.17, 15) is 5.11 Å². The van der Waals surface area contributed by atoms with Crippen molar-refractivity contribution in [2.75, 3.05) is 0 Å². The highest BCUT2D eigenvalue weighted by Gasteiger charge is 2.14. The first-order valence-corrected chi connectivity index (χ1v) is 8.38. The Morgan fingerprint density at radius 2 is 1.56 bits per heavy atom. The van der Waals surface area contributed by atoms with Gasteiger partial charge in [0.2, 0.25) is 0 Å². The summed E-state index contributed by atoms with van der Waals surface area (Å²) in [5.74, 6) is 0. The van der Waals surface area contributed by atoms with Gasteiger partial charge < -0.3 is 5.11 Å². The summed E-state index contributed by atoms with van der Waals surface area (Å²) < 4.78 is 0. The van der Waals surface area contributed by atoms with E-state index in [1.807, 2.05) is 36.6 Å². The third kappa shape index (κ3) is 2.47. The maximum absolute atomic E-state index is 10.0. The Balaban J connectivity index is 2.18. The molecule has 1 aliphatic heterocycles. The number of fused-ring (bicyclic) bond motifs is 4. The van der Waals surface area contributed by atoms with Gasteiger partial charge in [-0.05, 0) is 65.1 Å². The first kappa shape index (κ1) is 15.4. The molecule has 2 heteroatoms. The second kappa shape index (κ2) is 6.06. The Morgan fingerprint density at radius 1 is 0.840 bits per heavy atom. The van der Waals surface area contributed by atoms with Gasteiger partial charge in [0.25, 0.3) is 0 Å². The quantitative estimate of drug-likeness (QED) is 0.705. The minimum atomic E-state index is 0.836. The van der Waals surface area contributed by atoms with Crippen molar-refractivity contribution in [1.29, 1.82) is 0 Å². The lowest BCUT2D eigenvalue weighted by molar-refractivity contribution is 0.540. The van der Waals surface area contributed by atoms with Crippen LogP contribution in [0.3, 0.4) is 0 Å². The third-order valence-corrected chi connectivity index (χ3v) is 4.80. The van der Waals surface area contributed by atoms with Crippen molar-refractivity contribution in [3.63, 3.8) is 0 Å². The normalized spacial score (nSPS) is 13.0. The highest BCUT2D eigenvalue weighted by molar-refractivity contribution is 5.97. The summed E-state index contributed by atoms with van der Waals surface area (Å²) in [5.41, 5.74) is 7.69. The molecule has 25 heavy (non-hydrogen) atoms. The Kier molecular flexibility index (Phi) is 3.73. The van der Waals surface area contributed by atoms with Crippen molar-refractivity contribution in [3.05, 3.63) is 76.2 Å². The summed E-state index contributed by atoms with van der Waals surface area (Å²) >= 11 is 0.